The van der Waals surface area contributed by atoms with Crippen LogP contribution in [0.5, 0.6) is 11.5 Å². The van der Waals surface area contributed by atoms with Crippen LogP contribution >= 0.6 is 0 Å². The molecule has 1 aromatic carbocycles. The highest BCUT2D eigenvalue weighted by atomic mass is 16.5. The second-order valence-electron chi connectivity index (χ2n) is 5.07. The summed E-state index contributed by atoms with van der Waals surface area (Å²) in [6.07, 6.45) is 2.08. The van der Waals surface area contributed by atoms with Gasteiger partial charge in [-0.25, -0.2) is 0 Å². The lowest BCUT2D eigenvalue weighted by molar-refractivity contribution is 0.237. The van der Waals surface area contributed by atoms with Gasteiger partial charge in [0.25, 0.3) is 0 Å². The Morgan fingerprint density at radius 3 is 2.95 bits per heavy atom. The average Bonchev–Trinajstić information content (AvgIpc) is 2.77. The second-order valence-corrected chi connectivity index (χ2v) is 5.07. The molecule has 2 N–H and O–H groups in total. The van der Waals surface area contributed by atoms with Crippen molar-refractivity contribution >= 4 is 0 Å². The molecule has 0 amide bonds. The number of aliphatic hydroxyl groups excluding tert-OH is 1. The lowest BCUT2D eigenvalue weighted by atomic mass is 10.1. The zero-order valence-corrected chi connectivity index (χ0v) is 11.9. The topological polar surface area (TPSA) is 50.7 Å². The zero-order chi connectivity index (χ0) is 13.8. The molecule has 1 heterocycles. The highest BCUT2D eigenvalue weighted by molar-refractivity contribution is 5.48. The summed E-state index contributed by atoms with van der Waals surface area (Å²) in [5.41, 5.74) is 2.28. The number of fused-ring (bicyclic) bond motifs is 1. The highest BCUT2D eigenvalue weighted by Crippen LogP contribution is 2.34. The van der Waals surface area contributed by atoms with Crippen LogP contribution < -0.4 is 14.8 Å². The predicted molar refractivity (Wildman–Crippen MR) is 74.8 cm³/mol. The van der Waals surface area contributed by atoms with Crippen molar-refractivity contribution < 1.29 is 14.6 Å². The molecule has 0 aliphatic carbocycles. The fourth-order valence-corrected chi connectivity index (χ4v) is 2.40. The van der Waals surface area contributed by atoms with E-state index >= 15 is 0 Å². The third kappa shape index (κ3) is 3.19. The number of hydrogen-bond acceptors (Lipinski definition) is 4. The van der Waals surface area contributed by atoms with Crippen LogP contribution in [0.4, 0.5) is 0 Å². The summed E-state index contributed by atoms with van der Waals surface area (Å²) in [5.74, 6) is 1.85. The zero-order valence-electron chi connectivity index (χ0n) is 11.9. The average molecular weight is 265 g/mol. The molecule has 0 spiro atoms. The molecule has 1 aliphatic heterocycles. The number of aliphatic hydroxyl groups is 1. The molecule has 2 atom stereocenters. The molecule has 0 aromatic heterocycles. The van der Waals surface area contributed by atoms with Crippen LogP contribution in [-0.2, 0) is 13.0 Å². The predicted octanol–water partition coefficient (Wildman–Crippen LogP) is 1.88. The second kappa shape index (κ2) is 6.26. The standard InChI is InChI=1S/C15H23NO3/c1-4-13(9-17)16-8-12-7-15-11(5-10(2)19-15)6-14(12)18-3/h6-7,10,13,16-17H,4-5,8-9H2,1-3H3. The van der Waals surface area contributed by atoms with Gasteiger partial charge in [-0.05, 0) is 25.5 Å². The number of nitrogens with one attached hydrogen (secondary N) is 1. The van der Waals surface area contributed by atoms with E-state index in [0.29, 0.717) is 6.54 Å². The van der Waals surface area contributed by atoms with Gasteiger partial charge in [0, 0.05) is 30.1 Å². The van der Waals surface area contributed by atoms with Gasteiger partial charge < -0.3 is 19.9 Å². The van der Waals surface area contributed by atoms with Gasteiger partial charge in [-0.1, -0.05) is 6.92 Å². The Hall–Kier alpha value is -1.26. The molecular formula is C15H23NO3. The van der Waals surface area contributed by atoms with Crippen molar-refractivity contribution in [3.05, 3.63) is 23.3 Å². The third-order valence-electron chi connectivity index (χ3n) is 3.59. The van der Waals surface area contributed by atoms with E-state index in [1.54, 1.807) is 7.11 Å². The first-order chi connectivity index (χ1) is 9.17. The number of ether oxygens (including phenoxy) is 2. The van der Waals surface area contributed by atoms with Crippen molar-refractivity contribution in [1.82, 2.24) is 5.32 Å². The van der Waals surface area contributed by atoms with E-state index in [0.717, 1.165) is 29.9 Å². The quantitative estimate of drug-likeness (QED) is 0.824. The van der Waals surface area contributed by atoms with Crippen molar-refractivity contribution in [2.75, 3.05) is 13.7 Å². The van der Waals surface area contributed by atoms with Crippen molar-refractivity contribution in [3.63, 3.8) is 0 Å². The largest absolute Gasteiger partial charge is 0.496 e. The van der Waals surface area contributed by atoms with Crippen LogP contribution in [0.2, 0.25) is 0 Å². The normalized spacial score (nSPS) is 18.8. The molecule has 106 valence electrons. The van der Waals surface area contributed by atoms with Crippen molar-refractivity contribution in [2.24, 2.45) is 0 Å². The molecule has 0 bridgehead atoms. The summed E-state index contributed by atoms with van der Waals surface area (Å²) in [7, 11) is 1.69. The van der Waals surface area contributed by atoms with Crippen molar-refractivity contribution in [2.45, 2.75) is 45.4 Å². The van der Waals surface area contributed by atoms with E-state index in [2.05, 4.69) is 31.3 Å². The molecule has 19 heavy (non-hydrogen) atoms. The Kier molecular flexibility index (Phi) is 4.66. The molecule has 1 aliphatic rings. The van der Waals surface area contributed by atoms with Gasteiger partial charge in [0.2, 0.25) is 0 Å². The van der Waals surface area contributed by atoms with Crippen LogP contribution in [0.3, 0.4) is 0 Å². The first-order valence-electron chi connectivity index (χ1n) is 6.88. The van der Waals surface area contributed by atoms with Gasteiger partial charge in [0.05, 0.1) is 13.7 Å². The van der Waals surface area contributed by atoms with Crippen molar-refractivity contribution in [1.29, 1.82) is 0 Å². The molecule has 0 radical (unpaired) electrons. The van der Waals surface area contributed by atoms with Crippen LogP contribution in [-0.4, -0.2) is 31.0 Å². The van der Waals surface area contributed by atoms with E-state index in [1.165, 1.54) is 5.56 Å². The summed E-state index contributed by atoms with van der Waals surface area (Å²) < 4.78 is 11.2. The maximum absolute atomic E-state index is 9.20. The van der Waals surface area contributed by atoms with Gasteiger partial charge >= 0.3 is 0 Å². The number of methoxy groups -OCH3 is 1. The Balaban J connectivity index is 2.14. The molecular weight excluding hydrogens is 242 g/mol. The molecule has 4 nitrogen and oxygen atoms in total. The number of benzene rings is 1. The highest BCUT2D eigenvalue weighted by Gasteiger charge is 2.21. The smallest absolute Gasteiger partial charge is 0.123 e. The summed E-state index contributed by atoms with van der Waals surface area (Å²) in [5, 5.41) is 12.5. The Morgan fingerprint density at radius 1 is 1.53 bits per heavy atom. The van der Waals surface area contributed by atoms with Crippen LogP contribution in [0.1, 0.15) is 31.4 Å². The minimum atomic E-state index is 0.123. The van der Waals surface area contributed by atoms with E-state index in [1.807, 2.05) is 0 Å². The molecule has 0 fully saturated rings. The van der Waals surface area contributed by atoms with E-state index in [9.17, 15) is 5.11 Å². The molecule has 1 aromatic rings. The summed E-state index contributed by atoms with van der Waals surface area (Å²) in [6.45, 7) is 4.95. The summed E-state index contributed by atoms with van der Waals surface area (Å²) in [4.78, 5) is 0. The molecule has 0 saturated heterocycles. The SMILES string of the molecule is CCC(CO)NCc1cc2c(cc1OC)CC(C)O2. The van der Waals surface area contributed by atoms with Crippen LogP contribution in [0.15, 0.2) is 12.1 Å². The number of rotatable bonds is 6. The number of hydrogen-bond donors (Lipinski definition) is 2. The van der Waals surface area contributed by atoms with Gasteiger partial charge in [-0.15, -0.1) is 0 Å². The van der Waals surface area contributed by atoms with E-state index in [-0.39, 0.29) is 18.8 Å². The lowest BCUT2D eigenvalue weighted by Gasteiger charge is -2.16. The van der Waals surface area contributed by atoms with Gasteiger partial charge in [0.1, 0.15) is 17.6 Å². The first kappa shape index (κ1) is 14.2. The monoisotopic (exact) mass is 265 g/mol. The minimum Gasteiger partial charge on any atom is -0.496 e. The van der Waals surface area contributed by atoms with Crippen LogP contribution in [0.25, 0.3) is 0 Å². The summed E-state index contributed by atoms with van der Waals surface area (Å²) >= 11 is 0. The Morgan fingerprint density at radius 2 is 2.32 bits per heavy atom. The fraction of sp³-hybridized carbons (Fsp3) is 0.600. The van der Waals surface area contributed by atoms with Crippen LogP contribution in [0, 0.1) is 0 Å². The molecule has 0 saturated carbocycles. The fourth-order valence-electron chi connectivity index (χ4n) is 2.40. The molecule has 2 unspecified atom stereocenters. The van der Waals surface area contributed by atoms with E-state index < -0.39 is 0 Å². The maximum atomic E-state index is 9.20. The molecule has 4 heteroatoms. The Labute approximate surface area is 114 Å². The summed E-state index contributed by atoms with van der Waals surface area (Å²) in [6, 6.07) is 4.24. The molecule has 2 rings (SSSR count). The minimum absolute atomic E-state index is 0.123. The van der Waals surface area contributed by atoms with E-state index in [4.69, 9.17) is 9.47 Å². The van der Waals surface area contributed by atoms with Gasteiger partial charge in [-0.2, -0.15) is 0 Å². The van der Waals surface area contributed by atoms with Crippen molar-refractivity contribution in [3.8, 4) is 11.5 Å². The third-order valence-corrected chi connectivity index (χ3v) is 3.59. The Bertz CT molecular complexity index is 430. The first-order valence-corrected chi connectivity index (χ1v) is 6.88. The van der Waals surface area contributed by atoms with Gasteiger partial charge in [-0.3, -0.25) is 0 Å². The lowest BCUT2D eigenvalue weighted by Crippen LogP contribution is -2.31. The van der Waals surface area contributed by atoms with Gasteiger partial charge in [0.15, 0.2) is 0 Å². The maximum Gasteiger partial charge on any atom is 0.123 e.